The Hall–Kier alpha value is -2.06. The standard InChI is InChI=1S/C17H14ClNO/c1-11-8-13(20-2)9-14-15(18)10-16(19-17(11)14)12-6-4-3-5-7-12/h3-10H,1-2H3. The number of aromatic nitrogens is 1. The van der Waals surface area contributed by atoms with Crippen LogP contribution < -0.4 is 4.74 Å². The number of halogens is 1. The van der Waals surface area contributed by atoms with Crippen LogP contribution in [0.4, 0.5) is 0 Å². The van der Waals surface area contributed by atoms with Crippen LogP contribution >= 0.6 is 11.6 Å². The number of hydrogen-bond donors (Lipinski definition) is 0. The maximum Gasteiger partial charge on any atom is 0.119 e. The van der Waals surface area contributed by atoms with Gasteiger partial charge in [0.25, 0.3) is 0 Å². The van der Waals surface area contributed by atoms with Crippen molar-refractivity contribution in [3.8, 4) is 17.0 Å². The zero-order valence-corrected chi connectivity index (χ0v) is 12.1. The molecule has 0 saturated carbocycles. The molecule has 3 rings (SSSR count). The van der Waals surface area contributed by atoms with E-state index >= 15 is 0 Å². The molecule has 20 heavy (non-hydrogen) atoms. The van der Waals surface area contributed by atoms with Crippen LogP contribution in [0.2, 0.25) is 5.02 Å². The van der Waals surface area contributed by atoms with Crippen LogP contribution in [0.5, 0.6) is 5.75 Å². The Kier molecular flexibility index (Phi) is 3.33. The Labute approximate surface area is 123 Å². The molecule has 1 heterocycles. The number of hydrogen-bond acceptors (Lipinski definition) is 2. The number of nitrogens with zero attached hydrogens (tertiary/aromatic N) is 1. The minimum Gasteiger partial charge on any atom is -0.497 e. The molecule has 100 valence electrons. The van der Waals surface area contributed by atoms with Crippen molar-refractivity contribution in [2.45, 2.75) is 6.92 Å². The second-order valence-corrected chi connectivity index (χ2v) is 5.10. The third-order valence-corrected chi connectivity index (χ3v) is 3.64. The number of aryl methyl sites for hydroxylation is 1. The second kappa shape index (κ2) is 5.14. The molecule has 1 aromatic heterocycles. The van der Waals surface area contributed by atoms with Crippen molar-refractivity contribution >= 4 is 22.5 Å². The quantitative estimate of drug-likeness (QED) is 0.669. The van der Waals surface area contributed by atoms with E-state index in [2.05, 4.69) is 0 Å². The third kappa shape index (κ3) is 2.23. The van der Waals surface area contributed by atoms with E-state index in [1.54, 1.807) is 7.11 Å². The van der Waals surface area contributed by atoms with Gasteiger partial charge in [0.2, 0.25) is 0 Å². The lowest BCUT2D eigenvalue weighted by Gasteiger charge is -2.10. The number of rotatable bonds is 2. The van der Waals surface area contributed by atoms with Crippen LogP contribution in [0.3, 0.4) is 0 Å². The summed E-state index contributed by atoms with van der Waals surface area (Å²) in [6.07, 6.45) is 0. The second-order valence-electron chi connectivity index (χ2n) is 4.70. The highest BCUT2D eigenvalue weighted by molar-refractivity contribution is 6.35. The maximum atomic E-state index is 6.42. The molecule has 0 unspecified atom stereocenters. The summed E-state index contributed by atoms with van der Waals surface area (Å²) in [5.74, 6) is 0.797. The van der Waals surface area contributed by atoms with Gasteiger partial charge in [0.05, 0.1) is 23.3 Å². The molecular weight excluding hydrogens is 270 g/mol. The van der Waals surface area contributed by atoms with E-state index < -0.39 is 0 Å². The van der Waals surface area contributed by atoms with Gasteiger partial charge in [0.1, 0.15) is 5.75 Å². The first-order valence-corrected chi connectivity index (χ1v) is 6.77. The van der Waals surface area contributed by atoms with Crippen molar-refractivity contribution in [1.82, 2.24) is 4.98 Å². The molecule has 0 bridgehead atoms. The molecule has 0 amide bonds. The van der Waals surface area contributed by atoms with Crippen LogP contribution in [-0.2, 0) is 0 Å². The van der Waals surface area contributed by atoms with E-state index in [4.69, 9.17) is 21.3 Å². The van der Waals surface area contributed by atoms with Crippen molar-refractivity contribution in [3.63, 3.8) is 0 Å². The predicted molar refractivity (Wildman–Crippen MR) is 83.5 cm³/mol. The van der Waals surface area contributed by atoms with Gasteiger partial charge in [-0.15, -0.1) is 0 Å². The monoisotopic (exact) mass is 283 g/mol. The molecule has 0 saturated heterocycles. The highest BCUT2D eigenvalue weighted by Gasteiger charge is 2.09. The highest BCUT2D eigenvalue weighted by Crippen LogP contribution is 2.32. The first-order valence-electron chi connectivity index (χ1n) is 6.39. The smallest absolute Gasteiger partial charge is 0.119 e. The molecule has 3 aromatic rings. The lowest BCUT2D eigenvalue weighted by molar-refractivity contribution is 0.415. The zero-order chi connectivity index (χ0) is 14.1. The van der Waals surface area contributed by atoms with Crippen molar-refractivity contribution in [2.75, 3.05) is 7.11 Å². The summed E-state index contributed by atoms with van der Waals surface area (Å²) in [6.45, 7) is 2.02. The predicted octanol–water partition coefficient (Wildman–Crippen LogP) is 4.87. The van der Waals surface area contributed by atoms with E-state index in [0.717, 1.165) is 33.5 Å². The number of benzene rings is 2. The van der Waals surface area contributed by atoms with Crippen LogP contribution in [0, 0.1) is 6.92 Å². The molecular formula is C17H14ClNO. The largest absolute Gasteiger partial charge is 0.497 e. The summed E-state index contributed by atoms with van der Waals surface area (Å²) in [6, 6.07) is 15.8. The van der Waals surface area contributed by atoms with Gasteiger partial charge < -0.3 is 4.74 Å². The van der Waals surface area contributed by atoms with Gasteiger partial charge in [-0.2, -0.15) is 0 Å². The van der Waals surface area contributed by atoms with Gasteiger partial charge in [-0.1, -0.05) is 41.9 Å². The molecule has 0 aliphatic rings. The lowest BCUT2D eigenvalue weighted by Crippen LogP contribution is -1.91. The van der Waals surface area contributed by atoms with Crippen molar-refractivity contribution in [3.05, 3.63) is 59.1 Å². The first-order chi connectivity index (χ1) is 9.69. The van der Waals surface area contributed by atoms with Crippen LogP contribution in [0.1, 0.15) is 5.56 Å². The van der Waals surface area contributed by atoms with Gasteiger partial charge in [-0.3, -0.25) is 0 Å². The number of fused-ring (bicyclic) bond motifs is 1. The average Bonchev–Trinajstić information content (AvgIpc) is 2.48. The number of methoxy groups -OCH3 is 1. The summed E-state index contributed by atoms with van der Waals surface area (Å²) in [5, 5.41) is 1.61. The van der Waals surface area contributed by atoms with E-state index in [1.165, 1.54) is 0 Å². The van der Waals surface area contributed by atoms with Crippen LogP contribution in [-0.4, -0.2) is 12.1 Å². The van der Waals surface area contributed by atoms with Gasteiger partial charge >= 0.3 is 0 Å². The number of pyridine rings is 1. The van der Waals surface area contributed by atoms with Crippen LogP contribution in [0.15, 0.2) is 48.5 Å². The Morgan fingerprint density at radius 1 is 1.05 bits per heavy atom. The van der Waals surface area contributed by atoms with E-state index in [9.17, 15) is 0 Å². The zero-order valence-electron chi connectivity index (χ0n) is 11.4. The average molecular weight is 284 g/mol. The topological polar surface area (TPSA) is 22.1 Å². The third-order valence-electron chi connectivity index (χ3n) is 3.33. The molecule has 2 aromatic carbocycles. The summed E-state index contributed by atoms with van der Waals surface area (Å²) >= 11 is 6.42. The van der Waals surface area contributed by atoms with Gasteiger partial charge in [0.15, 0.2) is 0 Å². The highest BCUT2D eigenvalue weighted by atomic mass is 35.5. The number of ether oxygens (including phenoxy) is 1. The SMILES string of the molecule is COc1cc(C)c2nc(-c3ccccc3)cc(Cl)c2c1. The molecule has 0 fully saturated rings. The van der Waals surface area contributed by atoms with Gasteiger partial charge in [-0.25, -0.2) is 4.98 Å². The van der Waals surface area contributed by atoms with Crippen molar-refractivity contribution < 1.29 is 4.74 Å². The Morgan fingerprint density at radius 2 is 1.80 bits per heavy atom. The summed E-state index contributed by atoms with van der Waals surface area (Å²) in [7, 11) is 1.65. The van der Waals surface area contributed by atoms with E-state index in [0.29, 0.717) is 5.02 Å². The molecule has 2 nitrogen and oxygen atoms in total. The minimum absolute atomic E-state index is 0.691. The normalized spacial score (nSPS) is 10.8. The molecule has 0 aliphatic heterocycles. The minimum atomic E-state index is 0.691. The van der Waals surface area contributed by atoms with Crippen LogP contribution in [0.25, 0.3) is 22.2 Å². The molecule has 0 radical (unpaired) electrons. The lowest BCUT2D eigenvalue weighted by atomic mass is 10.1. The molecule has 0 atom stereocenters. The molecule has 0 N–H and O–H groups in total. The Balaban J connectivity index is 2.27. The summed E-state index contributed by atoms with van der Waals surface area (Å²) in [4.78, 5) is 4.74. The van der Waals surface area contributed by atoms with E-state index in [1.807, 2.05) is 55.5 Å². The molecule has 0 spiro atoms. The summed E-state index contributed by atoms with van der Waals surface area (Å²) in [5.41, 5.74) is 3.92. The Morgan fingerprint density at radius 3 is 2.50 bits per heavy atom. The van der Waals surface area contributed by atoms with Crippen molar-refractivity contribution in [2.24, 2.45) is 0 Å². The fraction of sp³-hybridized carbons (Fsp3) is 0.118. The van der Waals surface area contributed by atoms with Gasteiger partial charge in [-0.05, 0) is 30.7 Å². The van der Waals surface area contributed by atoms with E-state index in [-0.39, 0.29) is 0 Å². The fourth-order valence-corrected chi connectivity index (χ4v) is 2.55. The molecule has 3 heteroatoms. The fourth-order valence-electron chi connectivity index (χ4n) is 2.30. The first kappa shape index (κ1) is 12.9. The Bertz CT molecular complexity index is 769. The molecule has 0 aliphatic carbocycles. The maximum absolute atomic E-state index is 6.42. The van der Waals surface area contributed by atoms with Gasteiger partial charge in [0, 0.05) is 10.9 Å². The summed E-state index contributed by atoms with van der Waals surface area (Å²) < 4.78 is 5.29. The van der Waals surface area contributed by atoms with Crippen molar-refractivity contribution in [1.29, 1.82) is 0 Å².